The van der Waals surface area contributed by atoms with Crippen LogP contribution in [-0.2, 0) is 16.1 Å². The largest absolute Gasteiger partial charge is 0.466 e. The number of carbonyl (C=O) groups excluding carboxylic acids is 2. The third kappa shape index (κ3) is 4.37. The van der Waals surface area contributed by atoms with Gasteiger partial charge in [-0.2, -0.15) is 5.10 Å². The quantitative estimate of drug-likeness (QED) is 0.784. The fraction of sp³-hybridized carbons (Fsp3) is 0.579. The Kier molecular flexibility index (Phi) is 5.93. The van der Waals surface area contributed by atoms with Crippen molar-refractivity contribution < 1.29 is 14.3 Å². The Morgan fingerprint density at radius 2 is 2.07 bits per heavy atom. The number of carbonyl (C=O) groups is 2. The molecule has 27 heavy (non-hydrogen) atoms. The number of nitrogens with one attached hydrogen (secondary N) is 1. The van der Waals surface area contributed by atoms with Gasteiger partial charge in [-0.3, -0.25) is 14.7 Å². The molecule has 0 aliphatic carbocycles. The van der Waals surface area contributed by atoms with Crippen molar-refractivity contribution in [2.75, 3.05) is 19.7 Å². The minimum absolute atomic E-state index is 0.102. The highest BCUT2D eigenvalue weighted by Gasteiger charge is 2.29. The molecule has 0 unspecified atom stereocenters. The molecule has 0 radical (unpaired) electrons. The van der Waals surface area contributed by atoms with Crippen molar-refractivity contribution in [1.29, 1.82) is 0 Å². The van der Waals surface area contributed by atoms with Gasteiger partial charge in [0, 0.05) is 31.4 Å². The average molecular weight is 373 g/mol. The van der Waals surface area contributed by atoms with Crippen LogP contribution in [0.4, 0.5) is 0 Å². The highest BCUT2D eigenvalue weighted by Crippen LogP contribution is 2.20. The molecule has 0 bridgehead atoms. The monoisotopic (exact) mass is 373 g/mol. The number of aromatic amines is 1. The van der Waals surface area contributed by atoms with E-state index in [1.165, 1.54) is 0 Å². The lowest BCUT2D eigenvalue weighted by Crippen LogP contribution is -2.40. The van der Waals surface area contributed by atoms with Crippen LogP contribution in [0.15, 0.2) is 18.5 Å². The predicted octanol–water partition coefficient (Wildman–Crippen LogP) is 2.19. The third-order valence-electron chi connectivity index (χ3n) is 4.86. The van der Waals surface area contributed by atoms with E-state index in [1.54, 1.807) is 24.1 Å². The number of rotatable bonds is 6. The zero-order valence-electron chi connectivity index (χ0n) is 16.1. The number of hydrogen-bond acceptors (Lipinski definition) is 5. The van der Waals surface area contributed by atoms with Gasteiger partial charge in [0.2, 0.25) is 0 Å². The standard InChI is InChI=1S/C19H27N5O3/c1-4-27-19(26)14-5-8-23(9-6-14)18(25)16-11-15(21-22-16)12-24-10-7-20-17(24)13(2)3/h7,10-11,13-14H,4-6,8-9,12H2,1-3H3,(H,21,22). The molecule has 146 valence electrons. The van der Waals surface area contributed by atoms with Gasteiger partial charge in [0.1, 0.15) is 11.5 Å². The Hall–Kier alpha value is -2.64. The summed E-state index contributed by atoms with van der Waals surface area (Å²) in [4.78, 5) is 30.7. The topological polar surface area (TPSA) is 93.1 Å². The van der Waals surface area contributed by atoms with Crippen LogP contribution in [0.25, 0.3) is 0 Å². The Labute approximate surface area is 158 Å². The number of amides is 1. The second kappa shape index (κ2) is 8.37. The summed E-state index contributed by atoms with van der Waals surface area (Å²) in [6.45, 7) is 8.08. The van der Waals surface area contributed by atoms with E-state index in [-0.39, 0.29) is 17.8 Å². The highest BCUT2D eigenvalue weighted by atomic mass is 16.5. The lowest BCUT2D eigenvalue weighted by atomic mass is 9.97. The molecule has 3 rings (SSSR count). The van der Waals surface area contributed by atoms with Gasteiger partial charge in [0.25, 0.3) is 5.91 Å². The first-order valence-electron chi connectivity index (χ1n) is 9.50. The SMILES string of the molecule is CCOC(=O)C1CCN(C(=O)c2cc(Cn3ccnc3C(C)C)[nH]n2)CC1. The molecule has 2 aromatic rings. The van der Waals surface area contributed by atoms with Crippen LogP contribution < -0.4 is 0 Å². The Balaban J connectivity index is 1.59. The lowest BCUT2D eigenvalue weighted by Gasteiger charge is -2.30. The van der Waals surface area contributed by atoms with Crippen LogP contribution in [0.2, 0.25) is 0 Å². The molecule has 8 heteroatoms. The van der Waals surface area contributed by atoms with Gasteiger partial charge in [0.15, 0.2) is 0 Å². The van der Waals surface area contributed by atoms with Gasteiger partial charge in [-0.15, -0.1) is 0 Å². The zero-order valence-corrected chi connectivity index (χ0v) is 16.1. The lowest BCUT2D eigenvalue weighted by molar-refractivity contribution is -0.149. The number of esters is 1. The van der Waals surface area contributed by atoms with E-state index in [2.05, 4.69) is 33.6 Å². The molecular weight excluding hydrogens is 346 g/mol. The number of piperidine rings is 1. The molecule has 1 saturated heterocycles. The molecule has 1 aliphatic heterocycles. The van der Waals surface area contributed by atoms with Gasteiger partial charge in [-0.1, -0.05) is 13.8 Å². The van der Waals surface area contributed by atoms with Crippen LogP contribution >= 0.6 is 0 Å². The molecule has 3 heterocycles. The van der Waals surface area contributed by atoms with Gasteiger partial charge in [-0.25, -0.2) is 4.98 Å². The molecule has 1 N–H and O–H groups in total. The number of H-pyrrole nitrogens is 1. The minimum Gasteiger partial charge on any atom is -0.466 e. The summed E-state index contributed by atoms with van der Waals surface area (Å²) < 4.78 is 7.13. The summed E-state index contributed by atoms with van der Waals surface area (Å²) in [7, 11) is 0. The van der Waals surface area contributed by atoms with Crippen molar-refractivity contribution in [3.63, 3.8) is 0 Å². The molecular formula is C19H27N5O3. The Bertz CT molecular complexity index is 787. The Morgan fingerprint density at radius 1 is 1.33 bits per heavy atom. The molecule has 2 aromatic heterocycles. The molecule has 0 atom stereocenters. The van der Waals surface area contributed by atoms with E-state index in [4.69, 9.17) is 4.74 Å². The molecule has 1 aliphatic rings. The summed E-state index contributed by atoms with van der Waals surface area (Å²) in [6.07, 6.45) is 4.98. The average Bonchev–Trinajstić information content (AvgIpc) is 3.31. The molecule has 0 saturated carbocycles. The Morgan fingerprint density at radius 3 is 2.74 bits per heavy atom. The molecule has 1 amide bonds. The summed E-state index contributed by atoms with van der Waals surface area (Å²) >= 11 is 0. The van der Waals surface area contributed by atoms with Crippen LogP contribution in [0.1, 0.15) is 61.5 Å². The molecule has 8 nitrogen and oxygen atoms in total. The number of ether oxygens (including phenoxy) is 1. The van der Waals surface area contributed by atoms with Crippen LogP contribution in [-0.4, -0.2) is 56.2 Å². The third-order valence-corrected chi connectivity index (χ3v) is 4.86. The maximum absolute atomic E-state index is 12.7. The van der Waals surface area contributed by atoms with Crippen molar-refractivity contribution in [1.82, 2.24) is 24.6 Å². The van der Waals surface area contributed by atoms with Crippen LogP contribution in [0.5, 0.6) is 0 Å². The molecule has 0 aromatic carbocycles. The van der Waals surface area contributed by atoms with Crippen molar-refractivity contribution in [2.24, 2.45) is 5.92 Å². The van der Waals surface area contributed by atoms with E-state index in [9.17, 15) is 9.59 Å². The maximum Gasteiger partial charge on any atom is 0.309 e. The highest BCUT2D eigenvalue weighted by molar-refractivity contribution is 5.92. The second-order valence-electron chi connectivity index (χ2n) is 7.16. The fourth-order valence-electron chi connectivity index (χ4n) is 3.43. The predicted molar refractivity (Wildman–Crippen MR) is 99.3 cm³/mol. The molecule has 1 fully saturated rings. The van der Waals surface area contributed by atoms with E-state index < -0.39 is 0 Å². The van der Waals surface area contributed by atoms with Crippen LogP contribution in [0, 0.1) is 5.92 Å². The number of nitrogens with zero attached hydrogens (tertiary/aromatic N) is 4. The van der Waals surface area contributed by atoms with Crippen molar-refractivity contribution in [3.8, 4) is 0 Å². The molecule has 0 spiro atoms. The van der Waals surface area contributed by atoms with Crippen molar-refractivity contribution >= 4 is 11.9 Å². The van der Waals surface area contributed by atoms with Gasteiger partial charge in [0.05, 0.1) is 24.8 Å². The van der Waals surface area contributed by atoms with E-state index in [0.29, 0.717) is 50.7 Å². The van der Waals surface area contributed by atoms with E-state index >= 15 is 0 Å². The van der Waals surface area contributed by atoms with E-state index in [1.807, 2.05) is 6.20 Å². The minimum atomic E-state index is -0.159. The number of likely N-dealkylation sites (tertiary alicyclic amines) is 1. The number of imidazole rings is 1. The first kappa shape index (κ1) is 19.1. The van der Waals surface area contributed by atoms with Gasteiger partial charge in [-0.05, 0) is 25.8 Å². The summed E-state index contributed by atoms with van der Waals surface area (Å²) in [6, 6.07) is 1.80. The van der Waals surface area contributed by atoms with Crippen molar-refractivity contribution in [3.05, 3.63) is 35.7 Å². The summed E-state index contributed by atoms with van der Waals surface area (Å²) in [5.74, 6) is 0.949. The number of aromatic nitrogens is 4. The number of hydrogen-bond donors (Lipinski definition) is 1. The van der Waals surface area contributed by atoms with Crippen molar-refractivity contribution in [2.45, 2.75) is 46.1 Å². The maximum atomic E-state index is 12.7. The fourth-order valence-corrected chi connectivity index (χ4v) is 3.43. The van der Waals surface area contributed by atoms with Gasteiger partial charge >= 0.3 is 5.97 Å². The first-order chi connectivity index (χ1) is 13.0. The summed E-state index contributed by atoms with van der Waals surface area (Å²) in [5, 5.41) is 7.14. The zero-order chi connectivity index (χ0) is 19.4. The van der Waals surface area contributed by atoms with E-state index in [0.717, 1.165) is 11.5 Å². The first-order valence-corrected chi connectivity index (χ1v) is 9.50. The normalized spacial score (nSPS) is 15.3. The second-order valence-corrected chi connectivity index (χ2v) is 7.16. The summed E-state index contributed by atoms with van der Waals surface area (Å²) in [5.41, 5.74) is 1.27. The van der Waals surface area contributed by atoms with Gasteiger partial charge < -0.3 is 14.2 Å². The van der Waals surface area contributed by atoms with Crippen LogP contribution in [0.3, 0.4) is 0 Å². The smallest absolute Gasteiger partial charge is 0.309 e.